The molecule has 1 fully saturated rings. The van der Waals surface area contributed by atoms with Gasteiger partial charge in [-0.1, -0.05) is 18.2 Å². The van der Waals surface area contributed by atoms with Crippen LogP contribution in [0.4, 0.5) is 0 Å². The maximum absolute atomic E-state index is 13.9. The van der Waals surface area contributed by atoms with Crippen LogP contribution in [-0.4, -0.2) is 79.4 Å². The Balaban J connectivity index is 1.43. The van der Waals surface area contributed by atoms with Crippen molar-refractivity contribution >= 4 is 19.4 Å². The number of ether oxygens (including phenoxy) is 3. The van der Waals surface area contributed by atoms with Crippen molar-refractivity contribution in [3.63, 3.8) is 0 Å². The van der Waals surface area contributed by atoms with Gasteiger partial charge in [-0.15, -0.1) is 0 Å². The van der Waals surface area contributed by atoms with Crippen LogP contribution >= 0.6 is 7.75 Å². The van der Waals surface area contributed by atoms with Gasteiger partial charge in [0.2, 0.25) is 5.65 Å². The number of benzene rings is 1. The first-order chi connectivity index (χ1) is 19.7. The molecule has 2 aliphatic rings. The Labute approximate surface area is 236 Å². The van der Waals surface area contributed by atoms with Crippen LogP contribution in [0.1, 0.15) is 51.3 Å². The summed E-state index contributed by atoms with van der Waals surface area (Å²) in [5.41, 5.74) is -1.13. The van der Waals surface area contributed by atoms with Crippen LogP contribution in [-0.2, 0) is 23.4 Å². The molecule has 41 heavy (non-hydrogen) atoms. The fourth-order valence-corrected chi connectivity index (χ4v) is 6.21. The van der Waals surface area contributed by atoms with Gasteiger partial charge in [-0.05, 0) is 51.7 Å². The molecule has 5 rings (SSSR count). The molecular weight excluding hydrogens is 557 g/mol. The van der Waals surface area contributed by atoms with Gasteiger partial charge in [-0.25, -0.2) is 14.1 Å². The van der Waals surface area contributed by atoms with Crippen LogP contribution in [0.2, 0.25) is 0 Å². The van der Waals surface area contributed by atoms with Crippen LogP contribution < -0.4 is 14.3 Å². The third kappa shape index (κ3) is 6.53. The fraction of sp³-hybridized carbons (Fsp3) is 0.538. The molecule has 0 aliphatic carbocycles. The van der Waals surface area contributed by atoms with E-state index in [1.807, 2.05) is 0 Å². The first kappa shape index (κ1) is 29.4. The van der Waals surface area contributed by atoms with E-state index < -0.39 is 50.3 Å². The van der Waals surface area contributed by atoms with Gasteiger partial charge >= 0.3 is 13.7 Å². The Bertz CT molecular complexity index is 1390. The van der Waals surface area contributed by atoms with Gasteiger partial charge < -0.3 is 28.9 Å². The largest absolute Gasteiger partial charge is 0.475 e. The lowest BCUT2D eigenvalue weighted by molar-refractivity contribution is -0.145. The minimum Gasteiger partial charge on any atom is -0.475 e. The summed E-state index contributed by atoms with van der Waals surface area (Å²) in [7, 11) is -4.22. The second kappa shape index (κ2) is 12.4. The highest BCUT2D eigenvalue weighted by molar-refractivity contribution is 7.52. The number of fused-ring (bicyclic) bond motifs is 3. The zero-order chi connectivity index (χ0) is 29.0. The Hall–Kier alpha value is -3.13. The first-order valence-corrected chi connectivity index (χ1v) is 15.0. The SMILES string of the molecule is C[C@H]1NP(=O)(Oc2ccccc2)OC[C@H]2O[C@@H](c3cnc4c(ncnn34)OCCCCCCOC1=O)[C@](C)(O)[C@@H]2O. The Morgan fingerprint density at radius 3 is 2.61 bits per heavy atom. The molecule has 0 amide bonds. The highest BCUT2D eigenvalue weighted by atomic mass is 31.2. The van der Waals surface area contributed by atoms with Crippen molar-refractivity contribution in [3.05, 3.63) is 48.5 Å². The molecule has 1 unspecified atom stereocenters. The summed E-state index contributed by atoms with van der Waals surface area (Å²) in [5.74, 6) is -0.123. The van der Waals surface area contributed by atoms with Gasteiger partial charge in [0.1, 0.15) is 42.0 Å². The topological polar surface area (TPSA) is 176 Å². The molecule has 6 bridgehead atoms. The van der Waals surface area contributed by atoms with Crippen molar-refractivity contribution in [3.8, 4) is 11.6 Å². The van der Waals surface area contributed by atoms with E-state index in [0.717, 1.165) is 19.3 Å². The monoisotopic (exact) mass is 591 g/mol. The average molecular weight is 592 g/mol. The number of aliphatic hydroxyl groups excluding tert-OH is 1. The number of rotatable bonds is 2. The second-order valence-corrected chi connectivity index (χ2v) is 11.9. The molecule has 14 nitrogen and oxygen atoms in total. The minimum atomic E-state index is -4.22. The number of para-hydroxylation sites is 1. The van der Waals surface area contributed by atoms with E-state index in [4.69, 9.17) is 23.3 Å². The number of aromatic nitrogens is 4. The zero-order valence-electron chi connectivity index (χ0n) is 22.8. The van der Waals surface area contributed by atoms with Crippen molar-refractivity contribution in [1.29, 1.82) is 0 Å². The number of hydrogen-bond acceptors (Lipinski definition) is 12. The molecule has 1 aromatic carbocycles. The molecule has 0 saturated carbocycles. The predicted octanol–water partition coefficient (Wildman–Crippen LogP) is 2.35. The lowest BCUT2D eigenvalue weighted by Crippen LogP contribution is -2.43. The molecule has 0 spiro atoms. The van der Waals surface area contributed by atoms with Crippen LogP contribution in [0.5, 0.6) is 11.6 Å². The van der Waals surface area contributed by atoms with Crippen LogP contribution in [0, 0.1) is 0 Å². The average Bonchev–Trinajstić information content (AvgIpc) is 3.47. The van der Waals surface area contributed by atoms with Crippen molar-refractivity contribution < 1.29 is 42.8 Å². The highest BCUT2D eigenvalue weighted by Gasteiger charge is 2.54. The molecule has 0 radical (unpaired) electrons. The Morgan fingerprint density at radius 2 is 1.85 bits per heavy atom. The summed E-state index contributed by atoms with van der Waals surface area (Å²) >= 11 is 0. The van der Waals surface area contributed by atoms with Gasteiger partial charge in [-0.2, -0.15) is 15.2 Å². The standard InChI is InChI=1S/C26H34N5O9P/c1-17-25(33)37-13-9-4-3-8-12-36-24-23-27-14-19(31(23)29-16-28-24)22-26(2,34)21(32)20(39-22)15-38-41(35,30-17)40-18-10-6-5-7-11-18/h5-7,10-11,14,16-17,20-22,32,34H,3-4,8-9,12-13,15H2,1-2H3,(H,30,35)/t17-,20-,21-,22+,26-,41?/m1/s1. The second-order valence-electron chi connectivity index (χ2n) is 10.2. The van der Waals surface area contributed by atoms with E-state index in [-0.39, 0.29) is 18.2 Å². The van der Waals surface area contributed by atoms with Crippen molar-refractivity contribution in [1.82, 2.24) is 24.7 Å². The van der Waals surface area contributed by atoms with E-state index >= 15 is 0 Å². The van der Waals surface area contributed by atoms with Crippen molar-refractivity contribution in [2.45, 2.75) is 69.5 Å². The maximum atomic E-state index is 13.9. The van der Waals surface area contributed by atoms with Gasteiger partial charge in [0.15, 0.2) is 0 Å². The minimum absolute atomic E-state index is 0.193. The number of esters is 1. The van der Waals surface area contributed by atoms with Gasteiger partial charge in [0, 0.05) is 0 Å². The summed E-state index contributed by atoms with van der Waals surface area (Å²) in [6, 6.07) is 7.27. The molecule has 15 heteroatoms. The van der Waals surface area contributed by atoms with Crippen molar-refractivity contribution in [2.75, 3.05) is 19.8 Å². The first-order valence-electron chi connectivity index (χ1n) is 13.5. The summed E-state index contributed by atoms with van der Waals surface area (Å²) in [6.07, 6.45) is 2.12. The number of carbonyl (C=O) groups is 1. The third-order valence-electron chi connectivity index (χ3n) is 6.96. The maximum Gasteiger partial charge on any atom is 0.459 e. The zero-order valence-corrected chi connectivity index (χ0v) is 23.7. The molecule has 1 saturated heterocycles. The number of hydrogen-bond donors (Lipinski definition) is 3. The molecule has 2 aromatic heterocycles. The van der Waals surface area contributed by atoms with Crippen molar-refractivity contribution in [2.24, 2.45) is 0 Å². The van der Waals surface area contributed by atoms with E-state index in [2.05, 4.69) is 20.2 Å². The van der Waals surface area contributed by atoms with E-state index in [9.17, 15) is 19.6 Å². The number of imidazole rings is 1. The van der Waals surface area contributed by atoms with Gasteiger partial charge in [0.25, 0.3) is 5.88 Å². The summed E-state index contributed by atoms with van der Waals surface area (Å²) in [4.78, 5) is 21.2. The number of nitrogens with one attached hydrogen (secondary N) is 1. The molecular formula is C26H34N5O9P. The van der Waals surface area contributed by atoms with Gasteiger partial charge in [0.05, 0.1) is 31.7 Å². The Kier molecular flexibility index (Phi) is 8.88. The van der Waals surface area contributed by atoms with E-state index in [1.54, 1.807) is 30.3 Å². The Morgan fingerprint density at radius 1 is 1.12 bits per heavy atom. The molecule has 6 atom stereocenters. The van der Waals surface area contributed by atoms with Crippen LogP contribution in [0.3, 0.4) is 0 Å². The fourth-order valence-electron chi connectivity index (χ4n) is 4.71. The molecule has 3 N–H and O–H groups in total. The summed E-state index contributed by atoms with van der Waals surface area (Å²) < 4.78 is 43.9. The number of carbonyl (C=O) groups excluding carboxylic acids is 1. The van der Waals surface area contributed by atoms with E-state index in [1.165, 1.54) is 30.9 Å². The predicted molar refractivity (Wildman–Crippen MR) is 143 cm³/mol. The quantitative estimate of drug-likeness (QED) is 0.293. The lowest BCUT2D eigenvalue weighted by Gasteiger charge is -2.26. The number of nitrogens with zero attached hydrogens (tertiary/aromatic N) is 4. The summed E-state index contributed by atoms with van der Waals surface area (Å²) in [5, 5.41) is 29.2. The van der Waals surface area contributed by atoms with Crippen LogP contribution in [0.15, 0.2) is 42.9 Å². The third-order valence-corrected chi connectivity index (χ3v) is 8.61. The van der Waals surface area contributed by atoms with E-state index in [0.29, 0.717) is 24.4 Å². The number of aliphatic hydroxyl groups is 2. The normalized spacial score (nSPS) is 32.1. The molecule has 2 aliphatic heterocycles. The van der Waals surface area contributed by atoms with Gasteiger partial charge in [-0.3, -0.25) is 9.32 Å². The molecule has 3 aromatic rings. The highest BCUT2D eigenvalue weighted by Crippen LogP contribution is 2.47. The molecule has 222 valence electrons. The van der Waals surface area contributed by atoms with Crippen LogP contribution in [0.25, 0.3) is 5.65 Å². The summed E-state index contributed by atoms with van der Waals surface area (Å²) in [6.45, 7) is 3.03. The lowest BCUT2D eigenvalue weighted by atomic mass is 9.91. The smallest absolute Gasteiger partial charge is 0.459 e. The number of cyclic esters (lactones) is 1. The molecule has 4 heterocycles.